The van der Waals surface area contributed by atoms with Crippen molar-refractivity contribution in [2.75, 3.05) is 14.2 Å². The Morgan fingerprint density at radius 1 is 1.26 bits per heavy atom. The van der Waals surface area contributed by atoms with Gasteiger partial charge in [0.25, 0.3) is 0 Å². The van der Waals surface area contributed by atoms with Crippen LogP contribution in [0.15, 0.2) is 30.3 Å². The van der Waals surface area contributed by atoms with Gasteiger partial charge in [0, 0.05) is 12.5 Å². The fraction of sp³-hybridized carbons (Fsp3) is 0.529. The predicted octanol–water partition coefficient (Wildman–Crippen LogP) is 0.983. The molecule has 6 nitrogen and oxygen atoms in total. The zero-order chi connectivity index (χ0) is 16.6. The molecule has 6 heteroatoms. The summed E-state index contributed by atoms with van der Waals surface area (Å²) in [6, 6.07) is 8.35. The highest BCUT2D eigenvalue weighted by molar-refractivity contribution is 5.90. The number of hydrogen-bond donors (Lipinski definition) is 1. The van der Waals surface area contributed by atoms with Crippen molar-refractivity contribution in [1.82, 2.24) is 4.90 Å². The topological polar surface area (TPSA) is 76.1 Å². The van der Waals surface area contributed by atoms with Crippen LogP contribution in [-0.2, 0) is 14.3 Å². The monoisotopic (exact) mass is 319 g/mol. The Kier molecular flexibility index (Phi) is 4.12. The first kappa shape index (κ1) is 16.0. The molecule has 0 aliphatic carbocycles. The average molecular weight is 319 g/mol. The van der Waals surface area contributed by atoms with Gasteiger partial charge in [0.15, 0.2) is 0 Å². The Balaban J connectivity index is 1.87. The normalized spacial score (nSPS) is 33.3. The zero-order valence-electron chi connectivity index (χ0n) is 13.3. The first-order chi connectivity index (χ1) is 11.0. The van der Waals surface area contributed by atoms with E-state index in [0.717, 1.165) is 6.42 Å². The number of carbonyl (C=O) groups excluding carboxylic acids is 2. The molecule has 2 heterocycles. The smallest absolute Gasteiger partial charge is 0.343 e. The van der Waals surface area contributed by atoms with E-state index in [4.69, 9.17) is 9.47 Å². The number of methoxy groups -OCH3 is 1. The van der Waals surface area contributed by atoms with Gasteiger partial charge in [-0.2, -0.15) is 0 Å². The molecular formula is C17H21NO5. The van der Waals surface area contributed by atoms with Gasteiger partial charge in [-0.15, -0.1) is 0 Å². The van der Waals surface area contributed by atoms with E-state index in [0.29, 0.717) is 18.4 Å². The lowest BCUT2D eigenvalue weighted by atomic mass is 9.82. The van der Waals surface area contributed by atoms with E-state index in [2.05, 4.69) is 0 Å². The van der Waals surface area contributed by atoms with E-state index < -0.39 is 29.7 Å². The second-order valence-corrected chi connectivity index (χ2v) is 6.23. The lowest BCUT2D eigenvalue weighted by molar-refractivity contribution is -0.195. The number of nitrogens with zero attached hydrogens (tertiary/aromatic N) is 1. The summed E-state index contributed by atoms with van der Waals surface area (Å²) in [4.78, 5) is 26.6. The van der Waals surface area contributed by atoms with Crippen LogP contribution in [0.5, 0.6) is 0 Å². The van der Waals surface area contributed by atoms with Crippen LogP contribution in [0.4, 0.5) is 0 Å². The summed E-state index contributed by atoms with van der Waals surface area (Å²) in [5, 5.41) is 11.1. The molecule has 0 spiro atoms. The molecule has 23 heavy (non-hydrogen) atoms. The molecule has 0 amide bonds. The lowest BCUT2D eigenvalue weighted by Crippen LogP contribution is -2.67. The summed E-state index contributed by atoms with van der Waals surface area (Å²) < 4.78 is 10.3. The molecule has 0 aromatic heterocycles. The van der Waals surface area contributed by atoms with Crippen molar-refractivity contribution >= 4 is 11.9 Å². The van der Waals surface area contributed by atoms with Gasteiger partial charge in [0.2, 0.25) is 5.60 Å². The molecule has 1 N–H and O–H groups in total. The number of carbonyl (C=O) groups is 2. The van der Waals surface area contributed by atoms with Crippen LogP contribution in [0.2, 0.25) is 0 Å². The summed E-state index contributed by atoms with van der Waals surface area (Å²) >= 11 is 0. The van der Waals surface area contributed by atoms with Crippen LogP contribution < -0.4 is 0 Å². The number of hydrogen-bond acceptors (Lipinski definition) is 6. The maximum absolute atomic E-state index is 12.3. The quantitative estimate of drug-likeness (QED) is 0.837. The summed E-state index contributed by atoms with van der Waals surface area (Å²) in [6.45, 7) is 0. The second-order valence-electron chi connectivity index (χ2n) is 6.23. The summed E-state index contributed by atoms with van der Waals surface area (Å²) in [7, 11) is 3.11. The van der Waals surface area contributed by atoms with Crippen LogP contribution in [0.3, 0.4) is 0 Å². The molecule has 4 atom stereocenters. The number of benzene rings is 1. The number of fused-ring (bicyclic) bond motifs is 2. The highest BCUT2D eigenvalue weighted by Gasteiger charge is 2.61. The van der Waals surface area contributed by atoms with Gasteiger partial charge in [0.1, 0.15) is 6.10 Å². The fourth-order valence-electron chi connectivity index (χ4n) is 3.81. The molecule has 2 aliphatic rings. The largest absolute Gasteiger partial charge is 0.467 e. The van der Waals surface area contributed by atoms with Crippen LogP contribution in [-0.4, -0.2) is 59.9 Å². The molecule has 0 saturated carbocycles. The number of rotatable bonds is 3. The first-order valence-electron chi connectivity index (χ1n) is 7.77. The van der Waals surface area contributed by atoms with Gasteiger partial charge in [-0.1, -0.05) is 18.2 Å². The Labute approximate surface area is 135 Å². The highest BCUT2D eigenvalue weighted by Crippen LogP contribution is 2.42. The van der Waals surface area contributed by atoms with Gasteiger partial charge in [-0.3, -0.25) is 4.90 Å². The minimum absolute atomic E-state index is 0.193. The van der Waals surface area contributed by atoms with Crippen LogP contribution in [0.25, 0.3) is 0 Å². The van der Waals surface area contributed by atoms with E-state index >= 15 is 0 Å². The van der Waals surface area contributed by atoms with E-state index in [1.165, 1.54) is 7.11 Å². The van der Waals surface area contributed by atoms with Gasteiger partial charge < -0.3 is 14.6 Å². The van der Waals surface area contributed by atoms with E-state index in [-0.39, 0.29) is 6.04 Å². The summed E-state index contributed by atoms with van der Waals surface area (Å²) in [6.07, 6.45) is 1.04. The van der Waals surface area contributed by atoms with E-state index in [1.54, 1.807) is 30.3 Å². The van der Waals surface area contributed by atoms with Crippen LogP contribution in [0.1, 0.15) is 29.6 Å². The van der Waals surface area contributed by atoms with Crippen molar-refractivity contribution in [2.45, 2.75) is 43.1 Å². The molecule has 1 aromatic rings. The molecule has 2 fully saturated rings. The number of piperidine rings is 1. The summed E-state index contributed by atoms with van der Waals surface area (Å²) in [5.74, 6) is -1.29. The third kappa shape index (κ3) is 2.52. The minimum Gasteiger partial charge on any atom is -0.467 e. The fourth-order valence-corrected chi connectivity index (χ4v) is 3.81. The Hall–Kier alpha value is -1.92. The maximum atomic E-state index is 12.3. The molecular weight excluding hydrogens is 298 g/mol. The van der Waals surface area contributed by atoms with Crippen molar-refractivity contribution < 1.29 is 24.2 Å². The summed E-state index contributed by atoms with van der Waals surface area (Å²) in [5.41, 5.74) is -1.44. The van der Waals surface area contributed by atoms with Gasteiger partial charge in [0.05, 0.1) is 18.7 Å². The van der Waals surface area contributed by atoms with Gasteiger partial charge >= 0.3 is 11.9 Å². The van der Waals surface area contributed by atoms with Gasteiger partial charge in [-0.05, 0) is 32.0 Å². The molecule has 2 aliphatic heterocycles. The molecule has 1 aromatic carbocycles. The van der Waals surface area contributed by atoms with Crippen LogP contribution in [0, 0.1) is 0 Å². The minimum atomic E-state index is -1.83. The maximum Gasteiger partial charge on any atom is 0.343 e. The molecule has 124 valence electrons. The number of likely N-dealkylation sites (N-methyl/N-ethyl adjacent to an activating group) is 1. The SMILES string of the molecule is COC(=O)C1(O)C(OC(=O)c2ccccc2)CC2CCC1N2C. The molecule has 2 bridgehead atoms. The van der Waals surface area contributed by atoms with E-state index in [1.807, 2.05) is 11.9 Å². The Bertz CT molecular complexity index is 604. The molecule has 2 saturated heterocycles. The Morgan fingerprint density at radius 2 is 1.96 bits per heavy atom. The van der Waals surface area contributed by atoms with Crippen molar-refractivity contribution in [3.63, 3.8) is 0 Å². The molecule has 0 radical (unpaired) electrons. The number of esters is 2. The van der Waals surface area contributed by atoms with Crippen molar-refractivity contribution in [2.24, 2.45) is 0 Å². The van der Waals surface area contributed by atoms with Crippen LogP contribution >= 0.6 is 0 Å². The first-order valence-corrected chi connectivity index (χ1v) is 7.77. The average Bonchev–Trinajstić information content (AvgIpc) is 2.86. The molecule has 3 rings (SSSR count). The predicted molar refractivity (Wildman–Crippen MR) is 81.8 cm³/mol. The second kappa shape index (κ2) is 5.94. The third-order valence-electron chi connectivity index (χ3n) is 5.10. The standard InChI is InChI=1S/C17H21NO5/c1-18-12-8-9-13(18)17(21,16(20)22-2)14(10-12)23-15(19)11-6-4-3-5-7-11/h3-7,12-14,21H,8-10H2,1-2H3. The molecule has 4 unspecified atom stereocenters. The third-order valence-corrected chi connectivity index (χ3v) is 5.10. The van der Waals surface area contributed by atoms with E-state index in [9.17, 15) is 14.7 Å². The van der Waals surface area contributed by atoms with Crippen molar-refractivity contribution in [3.8, 4) is 0 Å². The number of aliphatic hydroxyl groups is 1. The van der Waals surface area contributed by atoms with Gasteiger partial charge in [-0.25, -0.2) is 9.59 Å². The lowest BCUT2D eigenvalue weighted by Gasteiger charge is -2.46. The number of ether oxygens (including phenoxy) is 2. The highest BCUT2D eigenvalue weighted by atomic mass is 16.6. The Morgan fingerprint density at radius 3 is 2.61 bits per heavy atom. The van der Waals surface area contributed by atoms with Crippen molar-refractivity contribution in [1.29, 1.82) is 0 Å². The zero-order valence-corrected chi connectivity index (χ0v) is 13.3. The van der Waals surface area contributed by atoms with Crippen molar-refractivity contribution in [3.05, 3.63) is 35.9 Å².